The van der Waals surface area contributed by atoms with Crippen LogP contribution in [0.1, 0.15) is 11.1 Å². The average molecular weight is 288 g/mol. The number of imide groups is 1. The predicted octanol–water partition coefficient (Wildman–Crippen LogP) is 2.05. The highest BCUT2D eigenvalue weighted by atomic mass is 19.1. The van der Waals surface area contributed by atoms with Gasteiger partial charge in [-0.1, -0.05) is 30.3 Å². The maximum atomic E-state index is 13.5. The molecule has 3 rings (SSSR count). The van der Waals surface area contributed by atoms with Crippen LogP contribution in [0.2, 0.25) is 0 Å². The van der Waals surface area contributed by atoms with E-state index in [4.69, 9.17) is 0 Å². The number of nitrogens with one attached hydrogen (secondary N) is 2. The Balaban J connectivity index is 2.27. The topological polar surface area (TPSA) is 58.2 Å². The van der Waals surface area contributed by atoms with Gasteiger partial charge in [-0.15, -0.1) is 0 Å². The molecule has 1 atom stereocenters. The molecule has 1 aliphatic heterocycles. The van der Waals surface area contributed by atoms with Crippen LogP contribution in [0.25, 0.3) is 0 Å². The zero-order valence-electron chi connectivity index (χ0n) is 10.7. The fourth-order valence-corrected chi connectivity index (χ4v) is 2.49. The SMILES string of the molecule is O=C1NC(=O)C(c2ccccc2)(c2cc(F)cc(F)c2)N1. The molecule has 106 valence electrons. The monoisotopic (exact) mass is 288 g/mol. The van der Waals surface area contributed by atoms with E-state index in [9.17, 15) is 18.4 Å². The Morgan fingerprint density at radius 1 is 0.857 bits per heavy atom. The van der Waals surface area contributed by atoms with E-state index < -0.39 is 29.1 Å². The second kappa shape index (κ2) is 4.66. The first-order chi connectivity index (χ1) is 10.0. The lowest BCUT2D eigenvalue weighted by molar-refractivity contribution is -0.122. The molecule has 1 saturated heterocycles. The third kappa shape index (κ3) is 2.05. The highest BCUT2D eigenvalue weighted by Crippen LogP contribution is 2.33. The van der Waals surface area contributed by atoms with E-state index in [1.54, 1.807) is 30.3 Å². The van der Waals surface area contributed by atoms with E-state index in [1.165, 1.54) is 0 Å². The zero-order chi connectivity index (χ0) is 15.0. The first-order valence-electron chi connectivity index (χ1n) is 6.18. The molecular weight excluding hydrogens is 278 g/mol. The fourth-order valence-electron chi connectivity index (χ4n) is 2.49. The van der Waals surface area contributed by atoms with E-state index in [2.05, 4.69) is 10.6 Å². The van der Waals surface area contributed by atoms with Crippen molar-refractivity contribution in [3.8, 4) is 0 Å². The predicted molar refractivity (Wildman–Crippen MR) is 70.3 cm³/mol. The molecule has 2 N–H and O–H groups in total. The summed E-state index contributed by atoms with van der Waals surface area (Å²) in [6.45, 7) is 0. The third-order valence-electron chi connectivity index (χ3n) is 3.37. The van der Waals surface area contributed by atoms with Crippen LogP contribution < -0.4 is 10.6 Å². The van der Waals surface area contributed by atoms with Gasteiger partial charge in [0, 0.05) is 6.07 Å². The van der Waals surface area contributed by atoms with Crippen LogP contribution in [0.5, 0.6) is 0 Å². The maximum Gasteiger partial charge on any atom is 0.322 e. The Bertz CT molecular complexity index is 713. The van der Waals surface area contributed by atoms with E-state index in [1.807, 2.05) is 0 Å². The molecule has 0 aromatic heterocycles. The summed E-state index contributed by atoms with van der Waals surface area (Å²) in [5, 5.41) is 4.58. The van der Waals surface area contributed by atoms with Gasteiger partial charge in [-0.3, -0.25) is 10.1 Å². The molecule has 0 bridgehead atoms. The Labute approximate surface area is 118 Å². The number of urea groups is 1. The van der Waals surface area contributed by atoms with Crippen LogP contribution >= 0.6 is 0 Å². The molecule has 1 heterocycles. The molecule has 0 spiro atoms. The Morgan fingerprint density at radius 2 is 1.48 bits per heavy atom. The van der Waals surface area contributed by atoms with Gasteiger partial charge in [-0.25, -0.2) is 13.6 Å². The van der Waals surface area contributed by atoms with Crippen LogP contribution in [0.4, 0.5) is 13.6 Å². The smallest absolute Gasteiger partial charge is 0.316 e. The number of carbonyl (C=O) groups is 2. The van der Waals surface area contributed by atoms with Crippen LogP contribution in [0.3, 0.4) is 0 Å². The molecule has 2 aromatic carbocycles. The summed E-state index contributed by atoms with van der Waals surface area (Å²) in [4.78, 5) is 23.8. The van der Waals surface area contributed by atoms with Gasteiger partial charge in [0.25, 0.3) is 5.91 Å². The van der Waals surface area contributed by atoms with E-state index in [0.717, 1.165) is 12.1 Å². The molecule has 1 aliphatic rings. The minimum Gasteiger partial charge on any atom is -0.316 e. The van der Waals surface area contributed by atoms with E-state index in [-0.39, 0.29) is 5.56 Å². The average Bonchev–Trinajstić information content (AvgIpc) is 2.74. The first-order valence-corrected chi connectivity index (χ1v) is 6.18. The zero-order valence-corrected chi connectivity index (χ0v) is 10.7. The summed E-state index contributed by atoms with van der Waals surface area (Å²) < 4.78 is 27.0. The lowest BCUT2D eigenvalue weighted by atomic mass is 9.83. The van der Waals surface area contributed by atoms with Gasteiger partial charge in [0.1, 0.15) is 11.6 Å². The Kier molecular flexibility index (Phi) is 2.94. The lowest BCUT2D eigenvalue weighted by Crippen LogP contribution is -2.45. The normalized spacial score (nSPS) is 21.0. The largest absolute Gasteiger partial charge is 0.322 e. The second-order valence-corrected chi connectivity index (χ2v) is 4.68. The molecule has 0 saturated carbocycles. The maximum absolute atomic E-state index is 13.5. The molecule has 0 aliphatic carbocycles. The summed E-state index contributed by atoms with van der Waals surface area (Å²) in [7, 11) is 0. The molecule has 6 heteroatoms. The van der Waals surface area contributed by atoms with Crippen LogP contribution in [0, 0.1) is 11.6 Å². The van der Waals surface area contributed by atoms with Crippen molar-refractivity contribution in [1.29, 1.82) is 0 Å². The van der Waals surface area contributed by atoms with Gasteiger partial charge in [-0.2, -0.15) is 0 Å². The van der Waals surface area contributed by atoms with Crippen LogP contribution in [-0.2, 0) is 10.3 Å². The molecule has 4 nitrogen and oxygen atoms in total. The van der Waals surface area contributed by atoms with Crippen molar-refractivity contribution in [2.75, 3.05) is 0 Å². The number of hydrogen-bond acceptors (Lipinski definition) is 2. The quantitative estimate of drug-likeness (QED) is 0.831. The van der Waals surface area contributed by atoms with Crippen molar-refractivity contribution >= 4 is 11.9 Å². The number of halogens is 2. The van der Waals surface area contributed by atoms with Crippen LogP contribution in [0.15, 0.2) is 48.5 Å². The summed E-state index contributed by atoms with van der Waals surface area (Å²) in [5.41, 5.74) is -1.20. The highest BCUT2D eigenvalue weighted by molar-refractivity contribution is 6.09. The molecular formula is C15H10F2N2O2. The van der Waals surface area contributed by atoms with Gasteiger partial charge in [0.05, 0.1) is 0 Å². The number of amides is 3. The minimum absolute atomic E-state index is 0.0227. The highest BCUT2D eigenvalue weighted by Gasteiger charge is 2.49. The van der Waals surface area contributed by atoms with Gasteiger partial charge in [0.15, 0.2) is 5.54 Å². The fraction of sp³-hybridized carbons (Fsp3) is 0.0667. The number of rotatable bonds is 2. The molecule has 1 unspecified atom stereocenters. The Hall–Kier alpha value is -2.76. The van der Waals surface area contributed by atoms with Crippen molar-refractivity contribution in [3.05, 3.63) is 71.3 Å². The van der Waals surface area contributed by atoms with E-state index in [0.29, 0.717) is 11.6 Å². The molecule has 3 amide bonds. The molecule has 21 heavy (non-hydrogen) atoms. The lowest BCUT2D eigenvalue weighted by Gasteiger charge is -2.27. The molecule has 2 aromatic rings. The van der Waals surface area contributed by atoms with Crippen molar-refractivity contribution in [2.45, 2.75) is 5.54 Å². The number of carbonyl (C=O) groups excluding carboxylic acids is 2. The number of benzene rings is 2. The standard InChI is InChI=1S/C15H10F2N2O2/c16-11-6-10(7-12(17)8-11)15(9-4-2-1-3-5-9)13(20)18-14(21)19-15/h1-8H,(H2,18,19,20,21). The number of hydrogen-bond donors (Lipinski definition) is 2. The summed E-state index contributed by atoms with van der Waals surface area (Å²) in [5.74, 6) is -2.33. The van der Waals surface area contributed by atoms with Gasteiger partial charge >= 0.3 is 6.03 Å². The summed E-state index contributed by atoms with van der Waals surface area (Å²) >= 11 is 0. The van der Waals surface area contributed by atoms with Gasteiger partial charge in [-0.05, 0) is 23.3 Å². The molecule has 0 radical (unpaired) electrons. The summed E-state index contributed by atoms with van der Waals surface area (Å²) in [6.07, 6.45) is 0. The van der Waals surface area contributed by atoms with Crippen molar-refractivity contribution in [2.24, 2.45) is 0 Å². The van der Waals surface area contributed by atoms with Crippen LogP contribution in [-0.4, -0.2) is 11.9 Å². The first kappa shape index (κ1) is 13.2. The molecule has 1 fully saturated rings. The van der Waals surface area contributed by atoms with Gasteiger partial charge in [0.2, 0.25) is 0 Å². The minimum atomic E-state index is -1.64. The van der Waals surface area contributed by atoms with Crippen molar-refractivity contribution < 1.29 is 18.4 Å². The van der Waals surface area contributed by atoms with Crippen molar-refractivity contribution in [1.82, 2.24) is 10.6 Å². The van der Waals surface area contributed by atoms with E-state index >= 15 is 0 Å². The van der Waals surface area contributed by atoms with Gasteiger partial charge < -0.3 is 5.32 Å². The summed E-state index contributed by atoms with van der Waals surface area (Å²) in [6, 6.07) is 10.3. The third-order valence-corrected chi connectivity index (χ3v) is 3.37. The second-order valence-electron chi connectivity index (χ2n) is 4.68. The Morgan fingerprint density at radius 3 is 2.00 bits per heavy atom. The van der Waals surface area contributed by atoms with Crippen molar-refractivity contribution in [3.63, 3.8) is 0 Å².